The molecule has 2 unspecified atom stereocenters. The average Bonchev–Trinajstić information content (AvgIpc) is 2.53. The van der Waals surface area contributed by atoms with E-state index in [1.165, 1.54) is 0 Å². The van der Waals surface area contributed by atoms with Crippen LogP contribution in [-0.4, -0.2) is 42.0 Å². The lowest BCUT2D eigenvalue weighted by Gasteiger charge is -2.39. The number of carbonyl (C=O) groups is 1. The predicted molar refractivity (Wildman–Crippen MR) is 88.4 cm³/mol. The maximum atomic E-state index is 13.5. The van der Waals surface area contributed by atoms with Crippen LogP contribution < -0.4 is 10.0 Å². The van der Waals surface area contributed by atoms with Gasteiger partial charge in [0.25, 0.3) is 0 Å². The molecule has 7 heteroatoms. The van der Waals surface area contributed by atoms with Gasteiger partial charge in [-0.25, -0.2) is 4.67 Å². The lowest BCUT2D eigenvalue weighted by atomic mass is 10.0. The number of hydrogen-bond donors (Lipinski definition) is 1. The first kappa shape index (κ1) is 18.0. The molecule has 0 aliphatic carbocycles. The van der Waals surface area contributed by atoms with E-state index in [0.717, 1.165) is 0 Å². The molecule has 23 heavy (non-hydrogen) atoms. The number of methoxy groups -OCH3 is 1. The summed E-state index contributed by atoms with van der Waals surface area (Å²) >= 11 is 0. The van der Waals surface area contributed by atoms with Gasteiger partial charge in [0, 0.05) is 6.54 Å². The lowest BCUT2D eigenvalue weighted by Crippen LogP contribution is -2.45. The van der Waals surface area contributed by atoms with Gasteiger partial charge in [-0.05, 0) is 43.0 Å². The van der Waals surface area contributed by atoms with Crippen molar-refractivity contribution in [2.24, 2.45) is 5.92 Å². The highest BCUT2D eigenvalue weighted by Crippen LogP contribution is 2.54. The molecular weight excluding hydrogens is 317 g/mol. The molecule has 2 rings (SSSR count). The van der Waals surface area contributed by atoms with Gasteiger partial charge in [-0.15, -0.1) is 0 Å². The van der Waals surface area contributed by atoms with Crippen molar-refractivity contribution in [2.45, 2.75) is 32.7 Å². The van der Waals surface area contributed by atoms with Crippen molar-refractivity contribution in [1.82, 2.24) is 4.67 Å². The molecule has 0 bridgehead atoms. The molecule has 1 fully saturated rings. The molecule has 1 aliphatic heterocycles. The number of rotatable bonds is 6. The number of nitrogens with zero attached hydrogens (tertiary/aromatic N) is 1. The third-order valence-corrected chi connectivity index (χ3v) is 6.51. The SMILES string of the molecule is COc1ccc(P2(=O)OCCCN2C(CC(C)C)C(=O)O)cc1. The fraction of sp³-hybridized carbons (Fsp3) is 0.562. The summed E-state index contributed by atoms with van der Waals surface area (Å²) in [7, 11) is -1.82. The summed E-state index contributed by atoms with van der Waals surface area (Å²) in [5.74, 6) is -0.124. The highest BCUT2D eigenvalue weighted by molar-refractivity contribution is 7.64. The van der Waals surface area contributed by atoms with Crippen LogP contribution >= 0.6 is 7.52 Å². The standard InChI is InChI=1S/C16H24NO5P/c1-12(2)11-15(16(18)19)17-9-4-10-22-23(17,20)14-7-5-13(21-3)6-8-14/h5-8,12,15H,4,9-11H2,1-3H3,(H,18,19). The third-order valence-electron chi connectivity index (χ3n) is 3.87. The van der Waals surface area contributed by atoms with Crippen molar-refractivity contribution < 1.29 is 23.7 Å². The first-order valence-electron chi connectivity index (χ1n) is 7.77. The Hall–Kier alpha value is -1.36. The van der Waals surface area contributed by atoms with Crippen LogP contribution in [0.4, 0.5) is 0 Å². The molecule has 2 atom stereocenters. The molecule has 0 spiro atoms. The fourth-order valence-corrected chi connectivity index (χ4v) is 5.21. The molecule has 1 heterocycles. The molecule has 0 saturated carbocycles. The highest BCUT2D eigenvalue weighted by atomic mass is 31.2. The zero-order valence-corrected chi connectivity index (χ0v) is 14.7. The lowest BCUT2D eigenvalue weighted by molar-refractivity contribution is -0.142. The minimum Gasteiger partial charge on any atom is -0.497 e. The number of hydrogen-bond acceptors (Lipinski definition) is 4. The molecule has 1 saturated heterocycles. The van der Waals surface area contributed by atoms with Crippen LogP contribution in [0.3, 0.4) is 0 Å². The van der Waals surface area contributed by atoms with E-state index in [1.807, 2.05) is 13.8 Å². The Balaban J connectivity index is 2.38. The first-order valence-corrected chi connectivity index (χ1v) is 9.35. The van der Waals surface area contributed by atoms with Crippen molar-refractivity contribution in [3.63, 3.8) is 0 Å². The van der Waals surface area contributed by atoms with E-state index in [-0.39, 0.29) is 5.92 Å². The van der Waals surface area contributed by atoms with Gasteiger partial charge >= 0.3 is 13.5 Å². The third kappa shape index (κ3) is 3.94. The van der Waals surface area contributed by atoms with Crippen molar-refractivity contribution in [3.05, 3.63) is 24.3 Å². The van der Waals surface area contributed by atoms with Gasteiger partial charge in [0.2, 0.25) is 0 Å². The second kappa shape index (κ2) is 7.47. The number of carboxylic acids is 1. The minimum atomic E-state index is -3.38. The van der Waals surface area contributed by atoms with Gasteiger partial charge in [0.1, 0.15) is 11.8 Å². The Morgan fingerprint density at radius 3 is 2.57 bits per heavy atom. The number of benzene rings is 1. The maximum Gasteiger partial charge on any atom is 0.321 e. The van der Waals surface area contributed by atoms with Crippen LogP contribution in [0, 0.1) is 5.92 Å². The summed E-state index contributed by atoms with van der Waals surface area (Å²) in [5.41, 5.74) is 0. The molecule has 0 aromatic heterocycles. The molecule has 1 aromatic rings. The predicted octanol–water partition coefficient (Wildman–Crippen LogP) is 2.74. The van der Waals surface area contributed by atoms with Crippen molar-refractivity contribution in [2.75, 3.05) is 20.3 Å². The Morgan fingerprint density at radius 1 is 1.39 bits per heavy atom. The van der Waals surface area contributed by atoms with Gasteiger partial charge in [-0.3, -0.25) is 9.36 Å². The first-order chi connectivity index (χ1) is 10.9. The van der Waals surface area contributed by atoms with E-state index in [9.17, 15) is 14.5 Å². The van der Waals surface area contributed by atoms with E-state index in [4.69, 9.17) is 9.26 Å². The topological polar surface area (TPSA) is 76.1 Å². The molecule has 6 nitrogen and oxygen atoms in total. The van der Waals surface area contributed by atoms with Gasteiger partial charge in [-0.2, -0.15) is 0 Å². The van der Waals surface area contributed by atoms with E-state index < -0.39 is 19.5 Å². The van der Waals surface area contributed by atoms with Crippen molar-refractivity contribution >= 4 is 18.8 Å². The van der Waals surface area contributed by atoms with Crippen LogP contribution in [0.2, 0.25) is 0 Å². The normalized spacial score (nSPS) is 23.7. The Morgan fingerprint density at radius 2 is 2.04 bits per heavy atom. The van der Waals surface area contributed by atoms with E-state index in [0.29, 0.717) is 37.0 Å². The summed E-state index contributed by atoms with van der Waals surface area (Å²) in [6, 6.07) is 5.98. The van der Waals surface area contributed by atoms with E-state index in [2.05, 4.69) is 0 Å². The maximum absolute atomic E-state index is 13.5. The van der Waals surface area contributed by atoms with Crippen LogP contribution in [0.25, 0.3) is 0 Å². The second-order valence-electron chi connectivity index (χ2n) is 6.05. The molecule has 1 aliphatic rings. The minimum absolute atomic E-state index is 0.183. The summed E-state index contributed by atoms with van der Waals surface area (Å²) in [4.78, 5) is 11.7. The zero-order valence-electron chi connectivity index (χ0n) is 13.8. The number of carboxylic acid groups (broad SMARTS) is 1. The van der Waals surface area contributed by atoms with Crippen molar-refractivity contribution in [1.29, 1.82) is 0 Å². The number of ether oxygens (including phenoxy) is 1. The van der Waals surface area contributed by atoms with Gasteiger partial charge in [0.05, 0.1) is 19.0 Å². The van der Waals surface area contributed by atoms with Crippen LogP contribution in [-0.2, 0) is 13.9 Å². The summed E-state index contributed by atoms with van der Waals surface area (Å²) in [6.45, 7) is 4.74. The molecule has 1 aromatic carbocycles. The quantitative estimate of drug-likeness (QED) is 0.802. The van der Waals surface area contributed by atoms with Crippen LogP contribution in [0.1, 0.15) is 26.7 Å². The molecule has 1 N–H and O–H groups in total. The Labute approximate surface area is 136 Å². The highest BCUT2D eigenvalue weighted by Gasteiger charge is 2.43. The van der Waals surface area contributed by atoms with Crippen molar-refractivity contribution in [3.8, 4) is 5.75 Å². The van der Waals surface area contributed by atoms with Gasteiger partial charge in [0.15, 0.2) is 0 Å². The number of aliphatic carboxylic acids is 1. The van der Waals surface area contributed by atoms with Gasteiger partial charge < -0.3 is 14.4 Å². The molecule has 0 amide bonds. The molecule has 0 radical (unpaired) electrons. The van der Waals surface area contributed by atoms with E-state index >= 15 is 0 Å². The van der Waals surface area contributed by atoms with Crippen LogP contribution in [0.15, 0.2) is 24.3 Å². The summed E-state index contributed by atoms with van der Waals surface area (Å²) in [6.07, 6.45) is 1.10. The monoisotopic (exact) mass is 341 g/mol. The average molecular weight is 341 g/mol. The second-order valence-corrected chi connectivity index (χ2v) is 8.38. The summed E-state index contributed by atoms with van der Waals surface area (Å²) < 4.78 is 25.8. The zero-order chi connectivity index (χ0) is 17.0. The van der Waals surface area contributed by atoms with Crippen LogP contribution in [0.5, 0.6) is 5.75 Å². The largest absolute Gasteiger partial charge is 0.497 e. The van der Waals surface area contributed by atoms with E-state index in [1.54, 1.807) is 36.0 Å². The summed E-state index contributed by atoms with van der Waals surface area (Å²) in [5, 5.41) is 10.1. The Bertz CT molecular complexity index is 587. The smallest absolute Gasteiger partial charge is 0.321 e. The van der Waals surface area contributed by atoms with Gasteiger partial charge in [-0.1, -0.05) is 13.8 Å². The Kier molecular flexibility index (Phi) is 5.84. The molecular formula is C16H24NO5P. The molecule has 128 valence electrons. The fourth-order valence-electron chi connectivity index (χ4n) is 2.75.